The Kier molecular flexibility index (Phi) is 7.28. The lowest BCUT2D eigenvalue weighted by atomic mass is 10.1. The molecule has 0 saturated carbocycles. The maximum absolute atomic E-state index is 15.0. The number of nitrogens with zero attached hydrogens (tertiary/aromatic N) is 4. The van der Waals surface area contributed by atoms with E-state index < -0.39 is 37.4 Å². The summed E-state index contributed by atoms with van der Waals surface area (Å²) in [4.78, 5) is 5.89. The predicted octanol–water partition coefficient (Wildman–Crippen LogP) is 1.03. The highest BCUT2D eigenvalue weighted by atomic mass is 19.4. The van der Waals surface area contributed by atoms with Gasteiger partial charge in [-0.15, -0.1) is 0 Å². The molecule has 2 heterocycles. The third kappa shape index (κ3) is 4.89. The van der Waals surface area contributed by atoms with Crippen LogP contribution in [0, 0.1) is 5.82 Å². The number of alkyl halides is 3. The van der Waals surface area contributed by atoms with E-state index in [1.54, 1.807) is 4.90 Å². The first-order valence-electron chi connectivity index (χ1n) is 10.3. The van der Waals surface area contributed by atoms with Gasteiger partial charge < -0.3 is 15.4 Å². The van der Waals surface area contributed by atoms with Gasteiger partial charge in [-0.25, -0.2) is 14.2 Å². The molecular formula is C19H31F4N7O. The van der Waals surface area contributed by atoms with Crippen molar-refractivity contribution in [2.75, 3.05) is 38.2 Å². The fraction of sp³-hybridized carbons (Fsp3) is 0.684. The summed E-state index contributed by atoms with van der Waals surface area (Å²) in [6, 6.07) is 4.43. The van der Waals surface area contributed by atoms with Crippen molar-refractivity contribution in [3.63, 3.8) is 0 Å². The van der Waals surface area contributed by atoms with E-state index in [-0.39, 0.29) is 17.5 Å². The molecule has 3 rings (SSSR count). The molecule has 4 unspecified atom stereocenters. The van der Waals surface area contributed by atoms with Crippen LogP contribution in [0.1, 0.15) is 19.8 Å². The number of halogens is 4. The number of hydrogen-bond donors (Lipinski definition) is 3. The van der Waals surface area contributed by atoms with Gasteiger partial charge in [0.05, 0.1) is 12.8 Å². The summed E-state index contributed by atoms with van der Waals surface area (Å²) < 4.78 is 60.1. The van der Waals surface area contributed by atoms with Gasteiger partial charge in [-0.3, -0.25) is 16.4 Å². The Balaban J connectivity index is 1.99. The molecule has 176 valence electrons. The molecule has 6 N–H and O–H groups in total. The molecule has 31 heavy (non-hydrogen) atoms. The minimum atomic E-state index is -4.55. The van der Waals surface area contributed by atoms with E-state index in [9.17, 15) is 13.2 Å². The van der Waals surface area contributed by atoms with Crippen molar-refractivity contribution in [2.24, 2.45) is 17.2 Å². The summed E-state index contributed by atoms with van der Waals surface area (Å²) in [5, 5.41) is 0. The summed E-state index contributed by atoms with van der Waals surface area (Å²) >= 11 is 0. The molecule has 2 fully saturated rings. The molecule has 8 nitrogen and oxygen atoms in total. The highest BCUT2D eigenvalue weighted by Crippen LogP contribution is 2.34. The predicted molar refractivity (Wildman–Crippen MR) is 109 cm³/mol. The van der Waals surface area contributed by atoms with E-state index >= 15 is 4.39 Å². The highest BCUT2D eigenvalue weighted by molar-refractivity contribution is 5.54. The van der Waals surface area contributed by atoms with E-state index in [0.717, 1.165) is 30.8 Å². The standard InChI is InChI=1S/C19H31F4N7O/c1-3-27-9-5-6-12(27)10-28-16(24)29(11-19(21,22)23)18(26)30(17(28)25)13-7-4-8-14(31-2)15(13)20/h4,7-8,12,16-18H,3,5-6,9-11,24-26H2,1-2H3. The molecule has 2 aliphatic rings. The van der Waals surface area contributed by atoms with E-state index in [2.05, 4.69) is 4.90 Å². The Morgan fingerprint density at radius 2 is 1.77 bits per heavy atom. The molecule has 12 heteroatoms. The normalized spacial score (nSPS) is 29.0. The maximum atomic E-state index is 15.0. The lowest BCUT2D eigenvalue weighted by Crippen LogP contribution is -2.79. The zero-order valence-electron chi connectivity index (χ0n) is 17.7. The molecule has 0 amide bonds. The first-order valence-corrected chi connectivity index (χ1v) is 10.3. The van der Waals surface area contributed by atoms with Crippen molar-refractivity contribution in [3.05, 3.63) is 24.0 Å². The smallest absolute Gasteiger partial charge is 0.401 e. The molecule has 2 saturated heterocycles. The maximum Gasteiger partial charge on any atom is 0.401 e. The van der Waals surface area contributed by atoms with Crippen molar-refractivity contribution in [1.29, 1.82) is 0 Å². The summed E-state index contributed by atoms with van der Waals surface area (Å²) in [5.41, 5.74) is 18.8. The molecule has 2 aliphatic heterocycles. The van der Waals surface area contributed by atoms with Gasteiger partial charge in [0.15, 0.2) is 11.6 Å². The second-order valence-electron chi connectivity index (χ2n) is 7.85. The van der Waals surface area contributed by atoms with Gasteiger partial charge >= 0.3 is 6.18 Å². The third-order valence-electron chi connectivity index (χ3n) is 6.06. The zero-order valence-corrected chi connectivity index (χ0v) is 17.7. The number of methoxy groups -OCH3 is 1. The minimum Gasteiger partial charge on any atom is -0.494 e. The Hall–Kier alpha value is -1.70. The van der Waals surface area contributed by atoms with Crippen molar-refractivity contribution < 1.29 is 22.3 Å². The van der Waals surface area contributed by atoms with Gasteiger partial charge in [-0.2, -0.15) is 13.2 Å². The Morgan fingerprint density at radius 3 is 2.39 bits per heavy atom. The van der Waals surface area contributed by atoms with Crippen LogP contribution < -0.4 is 26.8 Å². The van der Waals surface area contributed by atoms with Crippen molar-refractivity contribution in [3.8, 4) is 5.75 Å². The summed E-state index contributed by atoms with van der Waals surface area (Å²) in [5.74, 6) is -0.817. The van der Waals surface area contributed by atoms with E-state index in [1.165, 1.54) is 30.2 Å². The molecule has 0 aliphatic carbocycles. The number of likely N-dealkylation sites (N-methyl/N-ethyl adjacent to an activating group) is 1. The van der Waals surface area contributed by atoms with Crippen LogP contribution in [-0.4, -0.2) is 79.1 Å². The number of likely N-dealkylation sites (tertiary alicyclic amines) is 1. The Labute approximate surface area is 179 Å². The van der Waals surface area contributed by atoms with Gasteiger partial charge in [0.2, 0.25) is 0 Å². The first kappa shape index (κ1) is 24.0. The monoisotopic (exact) mass is 449 g/mol. The lowest BCUT2D eigenvalue weighted by Gasteiger charge is -2.55. The molecule has 1 aromatic carbocycles. The lowest BCUT2D eigenvalue weighted by molar-refractivity contribution is -0.180. The van der Waals surface area contributed by atoms with Crippen LogP contribution in [0.25, 0.3) is 0 Å². The summed E-state index contributed by atoms with van der Waals surface area (Å²) in [6.45, 7) is 2.71. The number of rotatable bonds is 6. The SMILES string of the molecule is CCN1CCCC1CN1C(N)N(CC(F)(F)F)C(N)N(c2cccc(OC)c2F)C1N. The third-order valence-corrected chi connectivity index (χ3v) is 6.06. The molecule has 0 radical (unpaired) electrons. The Bertz CT molecular complexity index is 752. The van der Waals surface area contributed by atoms with Crippen molar-refractivity contribution in [1.82, 2.24) is 14.7 Å². The van der Waals surface area contributed by atoms with Gasteiger partial charge in [0.25, 0.3) is 0 Å². The molecule has 4 atom stereocenters. The molecule has 1 aromatic rings. The largest absolute Gasteiger partial charge is 0.494 e. The fourth-order valence-electron chi connectivity index (χ4n) is 4.49. The molecule has 0 bridgehead atoms. The van der Waals surface area contributed by atoms with Gasteiger partial charge in [0, 0.05) is 12.6 Å². The molecule has 0 spiro atoms. The topological polar surface area (TPSA) is 100 Å². The van der Waals surface area contributed by atoms with Crippen molar-refractivity contribution >= 4 is 5.69 Å². The number of anilines is 1. The second-order valence-corrected chi connectivity index (χ2v) is 7.85. The first-order chi connectivity index (χ1) is 14.6. The number of hydrogen-bond acceptors (Lipinski definition) is 8. The van der Waals surface area contributed by atoms with E-state index in [4.69, 9.17) is 21.9 Å². The van der Waals surface area contributed by atoms with E-state index in [0.29, 0.717) is 6.54 Å². The van der Waals surface area contributed by atoms with Crippen LogP contribution in [0.3, 0.4) is 0 Å². The quantitative estimate of drug-likeness (QED) is 0.554. The van der Waals surface area contributed by atoms with Crippen LogP contribution in [-0.2, 0) is 0 Å². The molecule has 0 aromatic heterocycles. The second kappa shape index (κ2) is 9.43. The number of ether oxygens (including phenoxy) is 1. The van der Waals surface area contributed by atoms with Crippen LogP contribution in [0.4, 0.5) is 23.2 Å². The van der Waals surface area contributed by atoms with Crippen LogP contribution in [0.5, 0.6) is 5.75 Å². The fourth-order valence-corrected chi connectivity index (χ4v) is 4.49. The van der Waals surface area contributed by atoms with Crippen LogP contribution in [0.2, 0.25) is 0 Å². The number of benzene rings is 1. The Morgan fingerprint density at radius 1 is 1.10 bits per heavy atom. The highest BCUT2D eigenvalue weighted by Gasteiger charge is 2.47. The van der Waals surface area contributed by atoms with E-state index in [1.807, 2.05) is 6.92 Å². The minimum absolute atomic E-state index is 0.0535. The van der Waals surface area contributed by atoms with Gasteiger partial charge in [-0.1, -0.05) is 13.0 Å². The summed E-state index contributed by atoms with van der Waals surface area (Å²) in [7, 11) is 1.30. The molecular weight excluding hydrogens is 418 g/mol. The van der Waals surface area contributed by atoms with Gasteiger partial charge in [0.1, 0.15) is 25.4 Å². The van der Waals surface area contributed by atoms with Crippen LogP contribution in [0.15, 0.2) is 18.2 Å². The zero-order chi connectivity index (χ0) is 22.9. The average molecular weight is 449 g/mol. The van der Waals surface area contributed by atoms with Crippen LogP contribution >= 0.6 is 0 Å². The number of nitrogens with two attached hydrogens (primary N) is 3. The average Bonchev–Trinajstić information content (AvgIpc) is 3.16. The van der Waals surface area contributed by atoms with Crippen molar-refractivity contribution in [2.45, 2.75) is 50.9 Å². The van der Waals surface area contributed by atoms with Gasteiger partial charge in [-0.05, 0) is 38.1 Å². The summed E-state index contributed by atoms with van der Waals surface area (Å²) in [6.07, 6.45) is -6.30.